The molecule has 0 nitrogen and oxygen atoms in total. The van der Waals surface area contributed by atoms with E-state index in [9.17, 15) is 0 Å². The lowest BCUT2D eigenvalue weighted by Gasteiger charge is -1.99. The largest absolute Gasteiger partial charge is 0.0885 e. The van der Waals surface area contributed by atoms with Crippen molar-refractivity contribution in [2.24, 2.45) is 0 Å². The van der Waals surface area contributed by atoms with E-state index in [2.05, 4.69) is 26.0 Å². The lowest BCUT2D eigenvalue weighted by molar-refractivity contribution is 0.583. The van der Waals surface area contributed by atoms with E-state index in [0.29, 0.717) is 0 Å². The highest BCUT2D eigenvalue weighted by molar-refractivity contribution is 4.81. The molecule has 0 heteroatoms. The smallest absolute Gasteiger partial charge is 0.0351 e. The van der Waals surface area contributed by atoms with Crippen LogP contribution in [0.1, 0.15) is 77.0 Å². The molecule has 0 heterocycles. The predicted octanol–water partition coefficient (Wildman–Crippen LogP) is 5.89. The Labute approximate surface area is 104 Å². The minimum absolute atomic E-state index is 1.07. The van der Waals surface area contributed by atoms with Crippen molar-refractivity contribution in [3.05, 3.63) is 26.0 Å². The van der Waals surface area contributed by atoms with E-state index in [4.69, 9.17) is 0 Å². The average molecular weight is 222 g/mol. The molecular formula is C16H30. The predicted molar refractivity (Wildman–Crippen MR) is 75.3 cm³/mol. The minimum Gasteiger partial charge on any atom is -0.0885 e. The Balaban J connectivity index is 2.95. The highest BCUT2D eigenvalue weighted by Gasteiger charge is 1.90. The van der Waals surface area contributed by atoms with Gasteiger partial charge in [-0.2, -0.15) is 0 Å². The van der Waals surface area contributed by atoms with Gasteiger partial charge in [0.15, 0.2) is 0 Å². The molecule has 16 heavy (non-hydrogen) atoms. The van der Waals surface area contributed by atoms with Crippen LogP contribution in [0.3, 0.4) is 0 Å². The Morgan fingerprint density at radius 3 is 1.50 bits per heavy atom. The zero-order valence-electron chi connectivity index (χ0n) is 11.1. The monoisotopic (exact) mass is 222 g/mol. The third-order valence-corrected chi connectivity index (χ3v) is 2.91. The normalized spacial score (nSPS) is 11.4. The standard InChI is InChI=1S/C16H30/c1-3-5-7-9-11-13-15-16-14-12-10-8-6-4-2/h9,11H,1-8,10,12-16H2. The molecule has 0 aromatic heterocycles. The summed E-state index contributed by atoms with van der Waals surface area (Å²) in [6.45, 7) is 7.70. The van der Waals surface area contributed by atoms with E-state index in [1.165, 1.54) is 64.2 Å². The maximum atomic E-state index is 3.86. The van der Waals surface area contributed by atoms with Crippen LogP contribution in [0.5, 0.6) is 0 Å². The van der Waals surface area contributed by atoms with Crippen molar-refractivity contribution < 1.29 is 0 Å². The van der Waals surface area contributed by atoms with Crippen LogP contribution >= 0.6 is 0 Å². The van der Waals surface area contributed by atoms with Gasteiger partial charge < -0.3 is 0 Å². The van der Waals surface area contributed by atoms with Crippen LogP contribution in [0.2, 0.25) is 0 Å². The van der Waals surface area contributed by atoms with Crippen LogP contribution in [0.4, 0.5) is 0 Å². The van der Waals surface area contributed by atoms with Crippen LogP contribution in [0.15, 0.2) is 12.2 Å². The Morgan fingerprint density at radius 2 is 0.938 bits per heavy atom. The second kappa shape index (κ2) is 14.7. The molecule has 0 bridgehead atoms. The Kier molecular flexibility index (Phi) is 14.5. The SMILES string of the molecule is [CH2]CCCC=CCCCCCCCCC[CH2]. The Bertz CT molecular complexity index is 135. The van der Waals surface area contributed by atoms with E-state index in [0.717, 1.165) is 12.8 Å². The molecule has 0 atom stereocenters. The molecule has 0 saturated carbocycles. The topological polar surface area (TPSA) is 0 Å². The molecule has 0 aliphatic heterocycles. The van der Waals surface area contributed by atoms with Crippen molar-refractivity contribution >= 4 is 0 Å². The fraction of sp³-hybridized carbons (Fsp3) is 0.750. The summed E-state index contributed by atoms with van der Waals surface area (Å²) in [5.74, 6) is 0. The van der Waals surface area contributed by atoms with Crippen LogP contribution in [0.25, 0.3) is 0 Å². The quantitative estimate of drug-likeness (QED) is 0.285. The summed E-state index contributed by atoms with van der Waals surface area (Å²) >= 11 is 0. The fourth-order valence-corrected chi connectivity index (χ4v) is 1.82. The second-order valence-electron chi connectivity index (χ2n) is 4.58. The van der Waals surface area contributed by atoms with E-state index in [1.54, 1.807) is 0 Å². The number of hydrogen-bond donors (Lipinski definition) is 0. The first-order valence-electron chi connectivity index (χ1n) is 7.15. The van der Waals surface area contributed by atoms with Gasteiger partial charge in [-0.3, -0.25) is 0 Å². The first-order chi connectivity index (χ1) is 7.91. The van der Waals surface area contributed by atoms with Gasteiger partial charge >= 0.3 is 0 Å². The molecule has 0 N–H and O–H groups in total. The van der Waals surface area contributed by atoms with Gasteiger partial charge in [0.1, 0.15) is 0 Å². The molecule has 0 saturated heterocycles. The number of rotatable bonds is 12. The molecule has 0 aliphatic rings. The maximum Gasteiger partial charge on any atom is -0.0351 e. The lowest BCUT2D eigenvalue weighted by Crippen LogP contribution is -1.80. The van der Waals surface area contributed by atoms with E-state index >= 15 is 0 Å². The Hall–Kier alpha value is -0.260. The molecule has 94 valence electrons. The number of unbranched alkanes of at least 4 members (excludes halogenated alkanes) is 10. The van der Waals surface area contributed by atoms with E-state index in [1.807, 2.05) is 0 Å². The zero-order chi connectivity index (χ0) is 11.9. The van der Waals surface area contributed by atoms with Gasteiger partial charge in [0.2, 0.25) is 0 Å². The van der Waals surface area contributed by atoms with Crippen molar-refractivity contribution in [3.8, 4) is 0 Å². The number of hydrogen-bond acceptors (Lipinski definition) is 0. The third-order valence-electron chi connectivity index (χ3n) is 2.91. The van der Waals surface area contributed by atoms with Gasteiger partial charge in [0, 0.05) is 0 Å². The van der Waals surface area contributed by atoms with Crippen molar-refractivity contribution in [3.63, 3.8) is 0 Å². The Morgan fingerprint density at radius 1 is 0.500 bits per heavy atom. The van der Waals surface area contributed by atoms with Gasteiger partial charge in [0.05, 0.1) is 0 Å². The molecule has 0 aromatic carbocycles. The first kappa shape index (κ1) is 15.7. The van der Waals surface area contributed by atoms with Crippen molar-refractivity contribution in [1.29, 1.82) is 0 Å². The molecule has 0 unspecified atom stereocenters. The summed E-state index contributed by atoms with van der Waals surface area (Å²) < 4.78 is 0. The van der Waals surface area contributed by atoms with Gasteiger partial charge in [0.25, 0.3) is 0 Å². The van der Waals surface area contributed by atoms with Crippen LogP contribution in [-0.4, -0.2) is 0 Å². The lowest BCUT2D eigenvalue weighted by atomic mass is 10.1. The minimum atomic E-state index is 1.07. The van der Waals surface area contributed by atoms with Gasteiger partial charge in [-0.15, -0.1) is 0 Å². The van der Waals surface area contributed by atoms with Crippen LogP contribution in [0, 0.1) is 13.8 Å². The highest BCUT2D eigenvalue weighted by Crippen LogP contribution is 2.09. The third kappa shape index (κ3) is 13.7. The average Bonchev–Trinajstić information content (AvgIpc) is 2.31. The summed E-state index contributed by atoms with van der Waals surface area (Å²) in [6.07, 6.45) is 20.3. The number of allylic oxidation sites excluding steroid dienone is 2. The summed E-state index contributed by atoms with van der Waals surface area (Å²) in [5.41, 5.74) is 0. The zero-order valence-corrected chi connectivity index (χ0v) is 11.1. The summed E-state index contributed by atoms with van der Waals surface area (Å²) in [6, 6.07) is 0. The van der Waals surface area contributed by atoms with Gasteiger partial charge in [-0.25, -0.2) is 0 Å². The van der Waals surface area contributed by atoms with Gasteiger partial charge in [-0.05, 0) is 25.7 Å². The fourth-order valence-electron chi connectivity index (χ4n) is 1.82. The molecule has 0 aromatic rings. The summed E-state index contributed by atoms with van der Waals surface area (Å²) in [7, 11) is 0. The van der Waals surface area contributed by atoms with E-state index in [-0.39, 0.29) is 0 Å². The van der Waals surface area contributed by atoms with Crippen molar-refractivity contribution in [1.82, 2.24) is 0 Å². The molecular weight excluding hydrogens is 192 g/mol. The highest BCUT2D eigenvalue weighted by atomic mass is 14.0. The van der Waals surface area contributed by atoms with Crippen molar-refractivity contribution in [2.45, 2.75) is 77.0 Å². The molecule has 0 amide bonds. The maximum absolute atomic E-state index is 3.86. The summed E-state index contributed by atoms with van der Waals surface area (Å²) in [5, 5.41) is 0. The molecule has 0 fully saturated rings. The summed E-state index contributed by atoms with van der Waals surface area (Å²) in [4.78, 5) is 0. The molecule has 2 radical (unpaired) electrons. The van der Waals surface area contributed by atoms with E-state index < -0.39 is 0 Å². The first-order valence-corrected chi connectivity index (χ1v) is 7.15. The molecule has 0 rings (SSSR count). The second-order valence-corrected chi connectivity index (χ2v) is 4.58. The molecule has 0 aliphatic carbocycles. The van der Waals surface area contributed by atoms with Crippen molar-refractivity contribution in [2.75, 3.05) is 0 Å². The van der Waals surface area contributed by atoms with Crippen LogP contribution < -0.4 is 0 Å². The van der Waals surface area contributed by atoms with Gasteiger partial charge in [-0.1, -0.05) is 77.4 Å². The van der Waals surface area contributed by atoms with Crippen LogP contribution in [-0.2, 0) is 0 Å². The molecule has 0 spiro atoms.